The van der Waals surface area contributed by atoms with Gasteiger partial charge in [0, 0.05) is 17.5 Å². The number of nitrogens with one attached hydrogen (secondary N) is 2. The monoisotopic (exact) mass is 361 g/mol. The van der Waals surface area contributed by atoms with Crippen LogP contribution in [0.2, 0.25) is 0 Å². The number of carbonyl (C=O) groups is 1. The van der Waals surface area contributed by atoms with Crippen LogP contribution in [0.25, 0.3) is 10.2 Å². The molecule has 128 valence electrons. The molecule has 2 N–H and O–H groups in total. The molecule has 0 bridgehead atoms. The highest BCUT2D eigenvalue weighted by atomic mass is 32.1. The molecule has 0 aliphatic heterocycles. The van der Waals surface area contributed by atoms with Gasteiger partial charge in [0.2, 0.25) is 5.82 Å². The third-order valence-corrected chi connectivity index (χ3v) is 5.35. The van der Waals surface area contributed by atoms with Gasteiger partial charge in [-0.1, -0.05) is 0 Å². The Bertz CT molecular complexity index is 1040. The first-order valence-corrected chi connectivity index (χ1v) is 8.60. The molecular weight excluding hydrogens is 348 g/mol. The summed E-state index contributed by atoms with van der Waals surface area (Å²) in [4.78, 5) is 33.0. The minimum Gasteiger partial charge on any atom is -0.345 e. The number of amides is 1. The van der Waals surface area contributed by atoms with Crippen molar-refractivity contribution < 1.29 is 13.6 Å². The van der Waals surface area contributed by atoms with Gasteiger partial charge in [-0.2, -0.15) is 0 Å². The van der Waals surface area contributed by atoms with Crippen molar-refractivity contribution in [2.24, 2.45) is 0 Å². The number of H-pyrrole nitrogens is 1. The highest BCUT2D eigenvalue weighted by Crippen LogP contribution is 2.34. The lowest BCUT2D eigenvalue weighted by Gasteiger charge is -2.05. The molecular formula is C17H13F2N3O2S. The molecule has 2 heterocycles. The number of fused-ring (bicyclic) bond motifs is 3. The predicted octanol–water partition coefficient (Wildman–Crippen LogP) is 2.68. The maximum Gasteiger partial charge on any atom is 0.287 e. The van der Waals surface area contributed by atoms with Crippen LogP contribution in [0.5, 0.6) is 0 Å². The number of aromatic nitrogens is 2. The van der Waals surface area contributed by atoms with E-state index in [4.69, 9.17) is 0 Å². The number of thiophene rings is 1. The lowest BCUT2D eigenvalue weighted by Crippen LogP contribution is -2.27. The van der Waals surface area contributed by atoms with Crippen LogP contribution < -0.4 is 10.9 Å². The van der Waals surface area contributed by atoms with Crippen molar-refractivity contribution in [3.8, 4) is 0 Å². The summed E-state index contributed by atoms with van der Waals surface area (Å²) in [6.45, 7) is -0.0732. The number of rotatable bonds is 3. The van der Waals surface area contributed by atoms with E-state index in [2.05, 4.69) is 15.3 Å². The van der Waals surface area contributed by atoms with Crippen molar-refractivity contribution in [1.82, 2.24) is 15.3 Å². The number of carbonyl (C=O) groups excluding carboxylic acids is 1. The molecule has 0 unspecified atom stereocenters. The zero-order valence-electron chi connectivity index (χ0n) is 13.0. The van der Waals surface area contributed by atoms with Gasteiger partial charge in [-0.25, -0.2) is 13.8 Å². The zero-order valence-corrected chi connectivity index (χ0v) is 13.8. The second-order valence-electron chi connectivity index (χ2n) is 5.91. The van der Waals surface area contributed by atoms with Crippen LogP contribution in [0.4, 0.5) is 8.78 Å². The van der Waals surface area contributed by atoms with Crippen molar-refractivity contribution in [1.29, 1.82) is 0 Å². The van der Waals surface area contributed by atoms with E-state index in [1.807, 2.05) is 0 Å². The van der Waals surface area contributed by atoms with Crippen LogP contribution in [0.1, 0.15) is 33.0 Å². The summed E-state index contributed by atoms with van der Waals surface area (Å²) in [5.74, 6) is -2.14. The van der Waals surface area contributed by atoms with Crippen molar-refractivity contribution in [2.45, 2.75) is 25.8 Å². The molecule has 0 fully saturated rings. The summed E-state index contributed by atoms with van der Waals surface area (Å²) in [5.41, 5.74) is 0.992. The van der Waals surface area contributed by atoms with Gasteiger partial charge in [0.15, 0.2) is 0 Å². The number of halogens is 2. The zero-order chi connectivity index (χ0) is 17.6. The van der Waals surface area contributed by atoms with Gasteiger partial charge in [0.1, 0.15) is 16.5 Å². The molecule has 5 nitrogen and oxygen atoms in total. The molecule has 0 saturated heterocycles. The average Bonchev–Trinajstić information content (AvgIpc) is 3.11. The third-order valence-electron chi connectivity index (χ3n) is 4.17. The highest BCUT2D eigenvalue weighted by molar-refractivity contribution is 7.18. The molecule has 1 aliphatic rings. The van der Waals surface area contributed by atoms with Crippen LogP contribution >= 0.6 is 11.3 Å². The minimum absolute atomic E-state index is 0.0732. The van der Waals surface area contributed by atoms with Crippen LogP contribution in [-0.4, -0.2) is 15.9 Å². The Labute approximate surface area is 144 Å². The Morgan fingerprint density at radius 2 is 2.00 bits per heavy atom. The van der Waals surface area contributed by atoms with E-state index in [1.54, 1.807) is 0 Å². The number of aryl methyl sites for hydroxylation is 2. The maximum absolute atomic E-state index is 13.2. The smallest absolute Gasteiger partial charge is 0.287 e. The Hall–Kier alpha value is -2.61. The number of hydrogen-bond donors (Lipinski definition) is 2. The second-order valence-corrected chi connectivity index (χ2v) is 7.00. The number of aromatic amines is 1. The third kappa shape index (κ3) is 2.93. The fourth-order valence-corrected chi connectivity index (χ4v) is 4.35. The SMILES string of the molecule is O=C(NCc1cc(F)cc(F)c1)c1nc2sc3c(c2c(=O)[nH]1)CCC3. The molecule has 1 aliphatic carbocycles. The molecule has 0 saturated carbocycles. The van der Waals surface area contributed by atoms with E-state index in [-0.39, 0.29) is 23.5 Å². The number of benzene rings is 1. The van der Waals surface area contributed by atoms with Crippen LogP contribution in [0.15, 0.2) is 23.0 Å². The first kappa shape index (κ1) is 15.9. The summed E-state index contributed by atoms with van der Waals surface area (Å²) in [6, 6.07) is 3.02. The lowest BCUT2D eigenvalue weighted by atomic mass is 10.2. The first-order valence-electron chi connectivity index (χ1n) is 7.79. The topological polar surface area (TPSA) is 74.8 Å². The van der Waals surface area contributed by atoms with Crippen molar-refractivity contribution in [3.05, 3.63) is 62.0 Å². The van der Waals surface area contributed by atoms with E-state index < -0.39 is 17.5 Å². The van der Waals surface area contributed by atoms with E-state index in [1.165, 1.54) is 11.3 Å². The Kier molecular flexibility index (Phi) is 3.84. The highest BCUT2D eigenvalue weighted by Gasteiger charge is 2.22. The standard InChI is InChI=1S/C17H13F2N3O2S/c18-9-4-8(5-10(19)6-9)7-20-16(24)14-21-15(23)13-11-2-1-3-12(11)25-17(13)22-14/h4-6H,1-3,7H2,(H,20,24)(H,21,22,23). The van der Waals surface area contributed by atoms with E-state index in [9.17, 15) is 18.4 Å². The summed E-state index contributed by atoms with van der Waals surface area (Å²) >= 11 is 1.44. The van der Waals surface area contributed by atoms with Gasteiger partial charge >= 0.3 is 0 Å². The predicted molar refractivity (Wildman–Crippen MR) is 89.8 cm³/mol. The van der Waals surface area contributed by atoms with E-state index in [0.29, 0.717) is 10.2 Å². The van der Waals surface area contributed by atoms with Gasteiger partial charge in [0.05, 0.1) is 5.39 Å². The summed E-state index contributed by atoms with van der Waals surface area (Å²) < 4.78 is 26.3. The van der Waals surface area contributed by atoms with Crippen LogP contribution in [-0.2, 0) is 19.4 Å². The van der Waals surface area contributed by atoms with Crippen molar-refractivity contribution in [3.63, 3.8) is 0 Å². The summed E-state index contributed by atoms with van der Waals surface area (Å²) in [7, 11) is 0. The molecule has 4 rings (SSSR count). The molecule has 1 aromatic carbocycles. The van der Waals surface area contributed by atoms with Crippen LogP contribution in [0, 0.1) is 11.6 Å². The van der Waals surface area contributed by atoms with E-state index in [0.717, 1.165) is 47.9 Å². The van der Waals surface area contributed by atoms with Gasteiger partial charge in [-0.05, 0) is 42.5 Å². The largest absolute Gasteiger partial charge is 0.345 e. The molecule has 0 atom stereocenters. The lowest BCUT2D eigenvalue weighted by molar-refractivity contribution is 0.0940. The van der Waals surface area contributed by atoms with Crippen molar-refractivity contribution >= 4 is 27.5 Å². The number of hydrogen-bond acceptors (Lipinski definition) is 4. The Morgan fingerprint density at radius 1 is 1.24 bits per heavy atom. The molecule has 0 spiro atoms. The second kappa shape index (κ2) is 6.03. The summed E-state index contributed by atoms with van der Waals surface area (Å²) in [6.07, 6.45) is 2.82. The van der Waals surface area contributed by atoms with Gasteiger partial charge in [-0.15, -0.1) is 11.3 Å². The molecule has 25 heavy (non-hydrogen) atoms. The average molecular weight is 361 g/mol. The molecule has 8 heteroatoms. The minimum atomic E-state index is -0.717. The van der Waals surface area contributed by atoms with Gasteiger partial charge < -0.3 is 10.3 Å². The number of nitrogens with zero attached hydrogens (tertiary/aromatic N) is 1. The first-order chi connectivity index (χ1) is 12.0. The summed E-state index contributed by atoms with van der Waals surface area (Å²) in [5, 5.41) is 3.08. The maximum atomic E-state index is 13.2. The van der Waals surface area contributed by atoms with Crippen molar-refractivity contribution in [2.75, 3.05) is 0 Å². The van der Waals surface area contributed by atoms with Gasteiger partial charge in [-0.3, -0.25) is 9.59 Å². The fraction of sp³-hybridized carbons (Fsp3) is 0.235. The van der Waals surface area contributed by atoms with Gasteiger partial charge in [0.25, 0.3) is 11.5 Å². The molecule has 3 aromatic rings. The van der Waals surface area contributed by atoms with E-state index >= 15 is 0 Å². The molecule has 0 radical (unpaired) electrons. The molecule has 1 amide bonds. The fourth-order valence-electron chi connectivity index (χ4n) is 3.09. The Morgan fingerprint density at radius 3 is 2.76 bits per heavy atom. The normalized spacial score (nSPS) is 13.2. The van der Waals surface area contributed by atoms with Crippen LogP contribution in [0.3, 0.4) is 0 Å². The Balaban J connectivity index is 1.59. The quantitative estimate of drug-likeness (QED) is 0.753. The molecule has 2 aromatic heterocycles.